The summed E-state index contributed by atoms with van der Waals surface area (Å²) < 4.78 is 0. The molecular weight excluding hydrogens is 315 g/mol. The zero-order valence-electron chi connectivity index (χ0n) is 12.0. The van der Waals surface area contributed by atoms with Crippen LogP contribution in [0.3, 0.4) is 0 Å². The first-order valence-electron chi connectivity index (χ1n) is 7.24. The Morgan fingerprint density at radius 2 is 1.86 bits per heavy atom. The summed E-state index contributed by atoms with van der Waals surface area (Å²) in [6.45, 7) is 0. The van der Waals surface area contributed by atoms with Gasteiger partial charge in [0.25, 0.3) is 0 Å². The van der Waals surface area contributed by atoms with E-state index in [1.54, 1.807) is 0 Å². The van der Waals surface area contributed by atoms with Gasteiger partial charge in [-0.1, -0.05) is 35.9 Å². The van der Waals surface area contributed by atoms with Gasteiger partial charge in [-0.25, -0.2) is 0 Å². The molecule has 0 radical (unpaired) electrons. The first-order valence-corrected chi connectivity index (χ1v) is 7.62. The minimum absolute atomic E-state index is 0. The van der Waals surface area contributed by atoms with Crippen molar-refractivity contribution in [3.63, 3.8) is 0 Å². The van der Waals surface area contributed by atoms with E-state index in [1.807, 2.05) is 30.3 Å². The Labute approximate surface area is 140 Å². The molecule has 0 fully saturated rings. The van der Waals surface area contributed by atoms with E-state index in [2.05, 4.69) is 23.5 Å². The van der Waals surface area contributed by atoms with E-state index >= 15 is 0 Å². The summed E-state index contributed by atoms with van der Waals surface area (Å²) in [7, 11) is 0. The number of benzene rings is 2. The van der Waals surface area contributed by atoms with Crippen LogP contribution in [0.2, 0.25) is 5.02 Å². The van der Waals surface area contributed by atoms with Crippen molar-refractivity contribution in [2.24, 2.45) is 0 Å². The number of hydrogen-bond acceptors (Lipinski definition) is 2. The second-order valence-electron chi connectivity index (χ2n) is 5.42. The Hall–Kier alpha value is -1.77. The maximum absolute atomic E-state index is 6.09. The van der Waals surface area contributed by atoms with E-state index in [9.17, 15) is 0 Å². The normalized spacial score (nSPS) is 12.8. The Morgan fingerprint density at radius 1 is 1.00 bits per heavy atom. The van der Waals surface area contributed by atoms with E-state index < -0.39 is 0 Å². The van der Waals surface area contributed by atoms with Crippen LogP contribution in [-0.2, 0) is 12.8 Å². The molecule has 2 aromatic carbocycles. The summed E-state index contributed by atoms with van der Waals surface area (Å²) in [6, 6.07) is 16.2. The van der Waals surface area contributed by atoms with Crippen molar-refractivity contribution in [3.8, 4) is 0 Å². The number of aryl methyl sites for hydroxylation is 1. The van der Waals surface area contributed by atoms with Crippen molar-refractivity contribution >= 4 is 46.3 Å². The lowest BCUT2D eigenvalue weighted by atomic mass is 10.1. The monoisotopic (exact) mass is 330 g/mol. The number of rotatable bonds is 2. The molecule has 4 heteroatoms. The van der Waals surface area contributed by atoms with Gasteiger partial charge in [0.15, 0.2) is 0 Å². The molecule has 1 heterocycles. The van der Waals surface area contributed by atoms with Crippen molar-refractivity contribution in [3.05, 3.63) is 64.8 Å². The molecule has 1 N–H and O–H groups in total. The summed E-state index contributed by atoms with van der Waals surface area (Å²) in [5.74, 6) is 0. The molecule has 3 aromatic rings. The van der Waals surface area contributed by atoms with E-state index in [0.29, 0.717) is 0 Å². The first kappa shape index (κ1) is 15.1. The number of anilines is 2. The lowest BCUT2D eigenvalue weighted by Gasteiger charge is -2.15. The predicted octanol–water partition coefficient (Wildman–Crippen LogP) is 5.54. The number of aromatic nitrogens is 1. The van der Waals surface area contributed by atoms with E-state index in [1.165, 1.54) is 28.8 Å². The second kappa shape index (κ2) is 6.15. The van der Waals surface area contributed by atoms with Crippen molar-refractivity contribution in [2.75, 3.05) is 5.32 Å². The highest BCUT2D eigenvalue weighted by Crippen LogP contribution is 2.36. The lowest BCUT2D eigenvalue weighted by Crippen LogP contribution is -1.99. The lowest BCUT2D eigenvalue weighted by molar-refractivity contribution is 0.901. The van der Waals surface area contributed by atoms with Crippen LogP contribution in [0.1, 0.15) is 17.7 Å². The molecular formula is C18H16Cl2N2. The van der Waals surface area contributed by atoms with Gasteiger partial charge >= 0.3 is 0 Å². The van der Waals surface area contributed by atoms with Gasteiger partial charge in [-0.2, -0.15) is 0 Å². The van der Waals surface area contributed by atoms with E-state index in [-0.39, 0.29) is 12.4 Å². The largest absolute Gasteiger partial charge is 0.355 e. The van der Waals surface area contributed by atoms with Gasteiger partial charge in [0.1, 0.15) is 0 Å². The molecule has 0 aliphatic heterocycles. The van der Waals surface area contributed by atoms with Gasteiger partial charge in [0, 0.05) is 21.8 Å². The molecule has 0 spiro atoms. The average molecular weight is 331 g/mol. The molecule has 0 saturated heterocycles. The topological polar surface area (TPSA) is 24.9 Å². The maximum Gasteiger partial charge on any atom is 0.0726 e. The molecule has 1 aliphatic rings. The second-order valence-corrected chi connectivity index (χ2v) is 5.85. The molecule has 0 saturated carbocycles. The highest BCUT2D eigenvalue weighted by molar-refractivity contribution is 6.30. The van der Waals surface area contributed by atoms with Gasteiger partial charge in [-0.15, -0.1) is 12.4 Å². The highest BCUT2D eigenvalue weighted by Gasteiger charge is 2.19. The quantitative estimate of drug-likeness (QED) is 0.667. The average Bonchev–Trinajstić information content (AvgIpc) is 2.95. The van der Waals surface area contributed by atoms with Crippen LogP contribution in [0.5, 0.6) is 0 Å². The fraction of sp³-hybridized carbons (Fsp3) is 0.167. The SMILES string of the molecule is Cl.Clc1cccc(Nc2c3c(nc4ccccc24)CCC3)c1. The Balaban J connectivity index is 0.00000144. The third kappa shape index (κ3) is 2.65. The summed E-state index contributed by atoms with van der Waals surface area (Å²) in [6.07, 6.45) is 3.35. The fourth-order valence-electron chi connectivity index (χ4n) is 3.06. The smallest absolute Gasteiger partial charge is 0.0726 e. The summed E-state index contributed by atoms with van der Waals surface area (Å²) >= 11 is 6.09. The minimum Gasteiger partial charge on any atom is -0.355 e. The van der Waals surface area contributed by atoms with Gasteiger partial charge in [-0.3, -0.25) is 4.98 Å². The van der Waals surface area contributed by atoms with Crippen LogP contribution in [0, 0.1) is 0 Å². The number of para-hydroxylation sites is 1. The number of hydrogen-bond donors (Lipinski definition) is 1. The van der Waals surface area contributed by atoms with Gasteiger partial charge in [-0.05, 0) is 49.1 Å². The van der Waals surface area contributed by atoms with Crippen LogP contribution in [0.4, 0.5) is 11.4 Å². The van der Waals surface area contributed by atoms with Gasteiger partial charge in [0.05, 0.1) is 11.2 Å². The number of nitrogens with one attached hydrogen (secondary N) is 1. The highest BCUT2D eigenvalue weighted by atomic mass is 35.5. The molecule has 0 amide bonds. The number of fused-ring (bicyclic) bond motifs is 2. The molecule has 4 rings (SSSR count). The summed E-state index contributed by atoms with van der Waals surface area (Å²) in [4.78, 5) is 4.81. The molecule has 112 valence electrons. The van der Waals surface area contributed by atoms with Crippen molar-refractivity contribution in [2.45, 2.75) is 19.3 Å². The van der Waals surface area contributed by atoms with Crippen LogP contribution in [0.15, 0.2) is 48.5 Å². The standard InChI is InChI=1S/C18H15ClN2.ClH/c19-12-5-3-6-13(11-12)20-18-14-7-1-2-9-16(14)21-17-10-4-8-15(17)18;/h1-3,5-7,9,11H,4,8,10H2,(H,20,21);1H. The van der Waals surface area contributed by atoms with Crippen molar-refractivity contribution in [1.82, 2.24) is 4.98 Å². The zero-order chi connectivity index (χ0) is 14.2. The molecule has 0 unspecified atom stereocenters. The predicted molar refractivity (Wildman–Crippen MR) is 95.8 cm³/mol. The van der Waals surface area contributed by atoms with Crippen molar-refractivity contribution in [1.29, 1.82) is 0 Å². The molecule has 1 aromatic heterocycles. The molecule has 0 atom stereocenters. The minimum atomic E-state index is 0. The van der Waals surface area contributed by atoms with Gasteiger partial charge < -0.3 is 5.32 Å². The number of pyridine rings is 1. The molecule has 1 aliphatic carbocycles. The van der Waals surface area contributed by atoms with E-state index in [0.717, 1.165) is 29.1 Å². The van der Waals surface area contributed by atoms with Crippen LogP contribution in [-0.4, -0.2) is 4.98 Å². The fourth-order valence-corrected chi connectivity index (χ4v) is 3.25. The summed E-state index contributed by atoms with van der Waals surface area (Å²) in [5.41, 5.74) is 5.86. The number of nitrogens with zero attached hydrogens (tertiary/aromatic N) is 1. The molecule has 0 bridgehead atoms. The third-order valence-corrected chi connectivity index (χ3v) is 4.25. The Bertz CT molecular complexity index is 830. The Morgan fingerprint density at radius 3 is 2.73 bits per heavy atom. The van der Waals surface area contributed by atoms with E-state index in [4.69, 9.17) is 16.6 Å². The van der Waals surface area contributed by atoms with Crippen molar-refractivity contribution < 1.29 is 0 Å². The molecule has 2 nitrogen and oxygen atoms in total. The summed E-state index contributed by atoms with van der Waals surface area (Å²) in [5, 5.41) is 5.49. The van der Waals surface area contributed by atoms with Crippen LogP contribution in [0.25, 0.3) is 10.9 Å². The zero-order valence-corrected chi connectivity index (χ0v) is 13.5. The number of halogens is 2. The van der Waals surface area contributed by atoms with Crippen LogP contribution >= 0.6 is 24.0 Å². The third-order valence-electron chi connectivity index (χ3n) is 4.01. The Kier molecular flexibility index (Phi) is 4.23. The first-order chi connectivity index (χ1) is 10.3. The van der Waals surface area contributed by atoms with Gasteiger partial charge in [0.2, 0.25) is 0 Å². The molecule has 22 heavy (non-hydrogen) atoms. The van der Waals surface area contributed by atoms with Crippen LogP contribution < -0.4 is 5.32 Å². The maximum atomic E-state index is 6.09.